The van der Waals surface area contributed by atoms with Crippen LogP contribution < -0.4 is 5.43 Å². The number of phenolic OH excluding ortho intramolecular Hbond substituents is 2. The summed E-state index contributed by atoms with van der Waals surface area (Å²) in [5, 5.41) is 20.1. The molecule has 0 atom stereocenters. The van der Waals surface area contributed by atoms with Gasteiger partial charge in [-0.25, -0.2) is 0 Å². The highest BCUT2D eigenvalue weighted by Gasteiger charge is 2.15. The van der Waals surface area contributed by atoms with Gasteiger partial charge < -0.3 is 10.2 Å². The summed E-state index contributed by atoms with van der Waals surface area (Å²) < 4.78 is 1.37. The van der Waals surface area contributed by atoms with Crippen LogP contribution in [0.4, 0.5) is 0 Å². The minimum Gasteiger partial charge on any atom is -0.504 e. The number of hydrogen-bond donors (Lipinski definition) is 2. The Hall–Kier alpha value is -1.78. The Morgan fingerprint density at radius 3 is 2.56 bits per heavy atom. The first kappa shape index (κ1) is 11.3. The molecular formula is C13H7ClO3S. The second kappa shape index (κ2) is 3.86. The number of benzene rings is 2. The van der Waals surface area contributed by atoms with Gasteiger partial charge in [0.25, 0.3) is 0 Å². The second-order valence-corrected chi connectivity index (χ2v) is 5.35. The van der Waals surface area contributed by atoms with Gasteiger partial charge in [-0.1, -0.05) is 23.7 Å². The Morgan fingerprint density at radius 2 is 1.78 bits per heavy atom. The number of phenols is 2. The molecule has 0 aliphatic heterocycles. The van der Waals surface area contributed by atoms with Gasteiger partial charge in [-0.3, -0.25) is 4.79 Å². The number of rotatable bonds is 0. The zero-order valence-electron chi connectivity index (χ0n) is 8.98. The van der Waals surface area contributed by atoms with E-state index in [1.54, 1.807) is 12.1 Å². The molecule has 90 valence electrons. The Bertz CT molecular complexity index is 839. The van der Waals surface area contributed by atoms with E-state index < -0.39 is 11.5 Å². The lowest BCUT2D eigenvalue weighted by Gasteiger charge is -2.05. The van der Waals surface area contributed by atoms with Gasteiger partial charge in [-0.15, -0.1) is 11.3 Å². The van der Waals surface area contributed by atoms with Crippen molar-refractivity contribution in [2.75, 3.05) is 0 Å². The van der Waals surface area contributed by atoms with Crippen LogP contribution in [0.5, 0.6) is 11.5 Å². The van der Waals surface area contributed by atoms with Gasteiger partial charge in [0, 0.05) is 14.8 Å². The molecule has 3 nitrogen and oxygen atoms in total. The molecule has 2 aromatic carbocycles. The summed E-state index contributed by atoms with van der Waals surface area (Å²) in [5.74, 6) is -0.909. The molecule has 0 saturated heterocycles. The van der Waals surface area contributed by atoms with Crippen molar-refractivity contribution in [3.63, 3.8) is 0 Å². The summed E-state index contributed by atoms with van der Waals surface area (Å²) in [7, 11) is 0. The highest BCUT2D eigenvalue weighted by Crippen LogP contribution is 2.40. The van der Waals surface area contributed by atoms with E-state index >= 15 is 0 Å². The first-order valence-electron chi connectivity index (χ1n) is 5.15. The summed E-state index contributed by atoms with van der Waals surface area (Å²) in [5.41, 5.74) is -0.302. The van der Waals surface area contributed by atoms with Crippen molar-refractivity contribution in [3.05, 3.63) is 45.6 Å². The quantitative estimate of drug-likeness (QED) is 0.489. The summed E-state index contributed by atoms with van der Waals surface area (Å²) >= 11 is 7.14. The monoisotopic (exact) mass is 278 g/mol. The molecule has 0 aliphatic rings. The largest absolute Gasteiger partial charge is 0.504 e. The molecule has 0 amide bonds. The number of aromatic hydroxyl groups is 2. The van der Waals surface area contributed by atoms with Crippen molar-refractivity contribution < 1.29 is 10.2 Å². The van der Waals surface area contributed by atoms with E-state index in [9.17, 15) is 15.0 Å². The van der Waals surface area contributed by atoms with Gasteiger partial charge in [-0.05, 0) is 18.2 Å². The maximum atomic E-state index is 12.3. The van der Waals surface area contributed by atoms with E-state index in [1.165, 1.54) is 17.4 Å². The van der Waals surface area contributed by atoms with Crippen molar-refractivity contribution in [2.24, 2.45) is 0 Å². The van der Waals surface area contributed by atoms with Crippen molar-refractivity contribution in [3.8, 4) is 11.5 Å². The van der Waals surface area contributed by atoms with Crippen LogP contribution in [-0.2, 0) is 0 Å². The number of fused-ring (bicyclic) bond motifs is 2. The molecule has 2 N–H and O–H groups in total. The molecule has 0 saturated carbocycles. The van der Waals surface area contributed by atoms with Gasteiger partial charge in [0.2, 0.25) is 0 Å². The first-order valence-corrected chi connectivity index (χ1v) is 6.35. The smallest absolute Gasteiger partial charge is 0.199 e. The Kier molecular flexibility index (Phi) is 2.43. The molecule has 0 spiro atoms. The fraction of sp³-hybridized carbons (Fsp3) is 0. The summed E-state index contributed by atoms with van der Waals surface area (Å²) in [6.07, 6.45) is 0. The normalized spacial score (nSPS) is 11.2. The molecule has 3 rings (SSSR count). The molecule has 18 heavy (non-hydrogen) atoms. The molecule has 0 aliphatic carbocycles. The van der Waals surface area contributed by atoms with E-state index in [0.717, 1.165) is 4.70 Å². The zero-order chi connectivity index (χ0) is 12.9. The molecule has 3 aromatic rings. The van der Waals surface area contributed by atoms with Crippen LogP contribution in [0.3, 0.4) is 0 Å². The van der Waals surface area contributed by atoms with Crippen molar-refractivity contribution in [1.29, 1.82) is 0 Å². The topological polar surface area (TPSA) is 57.5 Å². The summed E-state index contributed by atoms with van der Waals surface area (Å²) in [6.45, 7) is 0. The molecule has 1 aromatic heterocycles. The maximum absolute atomic E-state index is 12.3. The SMILES string of the molecule is O=c1c2ccccc2sc2cc(Cl)c(O)c(O)c12. The van der Waals surface area contributed by atoms with Crippen LogP contribution >= 0.6 is 22.9 Å². The third kappa shape index (κ3) is 1.46. The highest BCUT2D eigenvalue weighted by atomic mass is 35.5. The molecule has 0 unspecified atom stereocenters. The fourth-order valence-electron chi connectivity index (χ4n) is 1.90. The lowest BCUT2D eigenvalue weighted by atomic mass is 10.1. The van der Waals surface area contributed by atoms with Gasteiger partial charge in [0.1, 0.15) is 0 Å². The zero-order valence-corrected chi connectivity index (χ0v) is 10.5. The van der Waals surface area contributed by atoms with Crippen LogP contribution in [-0.4, -0.2) is 10.2 Å². The summed E-state index contributed by atoms with van der Waals surface area (Å²) in [4.78, 5) is 12.3. The average molecular weight is 279 g/mol. The van der Waals surface area contributed by atoms with E-state index in [1.807, 2.05) is 12.1 Å². The predicted octanol–water partition coefficient (Wildman–Crippen LogP) is 3.48. The van der Waals surface area contributed by atoms with Crippen LogP contribution in [0.2, 0.25) is 5.02 Å². The van der Waals surface area contributed by atoms with Crippen molar-refractivity contribution in [1.82, 2.24) is 0 Å². The van der Waals surface area contributed by atoms with Crippen molar-refractivity contribution in [2.45, 2.75) is 0 Å². The van der Waals surface area contributed by atoms with Crippen LogP contribution in [0.1, 0.15) is 0 Å². The maximum Gasteiger partial charge on any atom is 0.199 e. The van der Waals surface area contributed by atoms with Crippen molar-refractivity contribution >= 4 is 43.1 Å². The molecule has 5 heteroatoms. The van der Waals surface area contributed by atoms with Crippen LogP contribution in [0.25, 0.3) is 20.2 Å². The van der Waals surface area contributed by atoms with Gasteiger partial charge in [-0.2, -0.15) is 0 Å². The lowest BCUT2D eigenvalue weighted by Crippen LogP contribution is -2.01. The Labute approximate surface area is 110 Å². The molecule has 0 fully saturated rings. The van der Waals surface area contributed by atoms with Gasteiger partial charge in [0.05, 0.1) is 10.4 Å². The molecular weight excluding hydrogens is 272 g/mol. The van der Waals surface area contributed by atoms with Crippen LogP contribution in [0.15, 0.2) is 35.1 Å². The van der Waals surface area contributed by atoms with Crippen LogP contribution in [0, 0.1) is 0 Å². The predicted molar refractivity (Wildman–Crippen MR) is 73.9 cm³/mol. The third-order valence-corrected chi connectivity index (χ3v) is 4.18. The Balaban J connectivity index is 2.65. The number of hydrogen-bond acceptors (Lipinski definition) is 4. The number of halogens is 1. The minimum absolute atomic E-state index is 0.0333. The van der Waals surface area contributed by atoms with Gasteiger partial charge >= 0.3 is 0 Å². The first-order chi connectivity index (χ1) is 8.59. The minimum atomic E-state index is -0.455. The molecule has 0 bridgehead atoms. The highest BCUT2D eigenvalue weighted by molar-refractivity contribution is 7.24. The third-order valence-electron chi connectivity index (χ3n) is 2.77. The van der Waals surface area contributed by atoms with E-state index in [-0.39, 0.29) is 15.8 Å². The molecule has 0 radical (unpaired) electrons. The summed E-state index contributed by atoms with van der Waals surface area (Å²) in [6, 6.07) is 8.61. The fourth-order valence-corrected chi connectivity index (χ4v) is 3.29. The molecule has 1 heterocycles. The second-order valence-electron chi connectivity index (χ2n) is 3.86. The standard InChI is InChI=1S/C13H7ClO3S/c14-7-5-9-10(13(17)12(7)16)11(15)6-3-1-2-4-8(6)18-9/h1-5,16-17H. The van der Waals surface area contributed by atoms with E-state index in [4.69, 9.17) is 11.6 Å². The average Bonchev–Trinajstić information content (AvgIpc) is 2.36. The van der Waals surface area contributed by atoms with Gasteiger partial charge in [0.15, 0.2) is 16.9 Å². The Morgan fingerprint density at radius 1 is 1.06 bits per heavy atom. The van der Waals surface area contributed by atoms with E-state index in [0.29, 0.717) is 10.1 Å². The lowest BCUT2D eigenvalue weighted by molar-refractivity contribution is 0.408. The van der Waals surface area contributed by atoms with E-state index in [2.05, 4.69) is 0 Å².